The van der Waals surface area contributed by atoms with E-state index in [1.54, 1.807) is 0 Å². The highest BCUT2D eigenvalue weighted by Gasteiger charge is 2.59. The van der Waals surface area contributed by atoms with Crippen molar-refractivity contribution < 1.29 is 4.58 Å². The lowest BCUT2D eigenvalue weighted by atomic mass is 9.50. The third-order valence-electron chi connectivity index (χ3n) is 6.26. The predicted molar refractivity (Wildman–Crippen MR) is 101 cm³/mol. The van der Waals surface area contributed by atoms with Crippen molar-refractivity contribution in [3.05, 3.63) is 36.7 Å². The Labute approximate surface area is 142 Å². The fourth-order valence-electron chi connectivity index (χ4n) is 4.13. The number of nitrogens with two attached hydrogens (primary N) is 2. The summed E-state index contributed by atoms with van der Waals surface area (Å²) in [5, 5.41) is 0. The summed E-state index contributed by atoms with van der Waals surface area (Å²) in [5.74, 6) is 0.551. The molecule has 130 valence electrons. The van der Waals surface area contributed by atoms with E-state index in [9.17, 15) is 0 Å². The van der Waals surface area contributed by atoms with Gasteiger partial charge in [0.2, 0.25) is 0 Å². The average molecular weight is 319 g/mol. The minimum absolute atomic E-state index is 0.160. The molecular formula is C20H36N3+. The molecule has 0 aromatic carbocycles. The quantitative estimate of drug-likeness (QED) is 0.404. The van der Waals surface area contributed by atoms with E-state index in [0.29, 0.717) is 5.82 Å². The van der Waals surface area contributed by atoms with Crippen LogP contribution in [0.4, 0.5) is 0 Å². The monoisotopic (exact) mass is 318 g/mol. The van der Waals surface area contributed by atoms with Gasteiger partial charge < -0.3 is 5.73 Å². The normalized spacial score (nSPS) is 30.2. The van der Waals surface area contributed by atoms with E-state index < -0.39 is 0 Å². The molecule has 3 heteroatoms. The maximum atomic E-state index is 6.79. The first kappa shape index (κ1) is 19.7. The van der Waals surface area contributed by atoms with Gasteiger partial charge in [-0.15, -0.1) is 0 Å². The zero-order valence-corrected chi connectivity index (χ0v) is 16.0. The summed E-state index contributed by atoms with van der Waals surface area (Å²) in [6.07, 6.45) is 8.14. The Morgan fingerprint density at radius 3 is 1.96 bits per heavy atom. The molecule has 0 heterocycles. The van der Waals surface area contributed by atoms with Crippen LogP contribution in [0.3, 0.4) is 0 Å². The standard InChI is InChI=1S/C20H36N3/c1-9-15(5)18(7,10-2)17(23(8)16(6)21)19(11-3)13-14-20(19,22)12-4/h13-14H,5-6,9-12,21-22H2,1-4,7-8H3/q+1/b23-17+/t18-,19?,20?/m0/s1. The van der Waals surface area contributed by atoms with Crippen LogP contribution < -0.4 is 11.5 Å². The van der Waals surface area contributed by atoms with Crippen LogP contribution in [-0.2, 0) is 0 Å². The fraction of sp³-hybridized carbons (Fsp3) is 0.650. The van der Waals surface area contributed by atoms with E-state index in [1.807, 2.05) is 7.05 Å². The second kappa shape index (κ2) is 6.64. The third kappa shape index (κ3) is 2.69. The molecule has 1 aliphatic rings. The van der Waals surface area contributed by atoms with Crippen LogP contribution in [0.25, 0.3) is 0 Å². The molecule has 0 spiro atoms. The van der Waals surface area contributed by atoms with Gasteiger partial charge in [-0.05, 0) is 39.2 Å². The van der Waals surface area contributed by atoms with Gasteiger partial charge in [-0.3, -0.25) is 5.73 Å². The molecule has 23 heavy (non-hydrogen) atoms. The molecule has 0 aromatic heterocycles. The second-order valence-electron chi connectivity index (χ2n) is 7.09. The van der Waals surface area contributed by atoms with Gasteiger partial charge in [-0.1, -0.05) is 52.0 Å². The van der Waals surface area contributed by atoms with Gasteiger partial charge in [-0.2, -0.15) is 0 Å². The highest BCUT2D eigenvalue weighted by molar-refractivity contribution is 5.98. The number of allylic oxidation sites excluding steroid dienone is 1. The zero-order chi connectivity index (χ0) is 18.1. The first-order chi connectivity index (χ1) is 10.6. The Morgan fingerprint density at radius 1 is 1.13 bits per heavy atom. The highest BCUT2D eigenvalue weighted by Crippen LogP contribution is 2.53. The van der Waals surface area contributed by atoms with Crippen molar-refractivity contribution in [1.82, 2.24) is 0 Å². The van der Waals surface area contributed by atoms with Crippen LogP contribution in [-0.4, -0.2) is 22.9 Å². The molecule has 1 rings (SSSR count). The maximum absolute atomic E-state index is 6.79. The molecule has 3 atom stereocenters. The zero-order valence-electron chi connectivity index (χ0n) is 16.0. The van der Waals surface area contributed by atoms with Crippen LogP contribution >= 0.6 is 0 Å². The van der Waals surface area contributed by atoms with E-state index >= 15 is 0 Å². The molecule has 3 nitrogen and oxygen atoms in total. The number of hydrogen-bond donors (Lipinski definition) is 2. The van der Waals surface area contributed by atoms with Gasteiger partial charge in [-0.25, -0.2) is 4.58 Å². The van der Waals surface area contributed by atoms with Gasteiger partial charge in [0.15, 0.2) is 0 Å². The third-order valence-corrected chi connectivity index (χ3v) is 6.26. The largest absolute Gasteiger partial charge is 0.321 e. The molecule has 0 amide bonds. The summed E-state index contributed by atoms with van der Waals surface area (Å²) in [6, 6.07) is 0. The summed E-state index contributed by atoms with van der Waals surface area (Å²) >= 11 is 0. The van der Waals surface area contributed by atoms with E-state index in [0.717, 1.165) is 25.7 Å². The molecular weight excluding hydrogens is 282 g/mol. The highest BCUT2D eigenvalue weighted by atomic mass is 15.1. The molecule has 0 bridgehead atoms. The van der Waals surface area contributed by atoms with Gasteiger partial charge in [0.1, 0.15) is 5.71 Å². The van der Waals surface area contributed by atoms with Crippen molar-refractivity contribution >= 4 is 5.71 Å². The lowest BCUT2D eigenvalue weighted by molar-refractivity contribution is -0.454. The van der Waals surface area contributed by atoms with E-state index in [-0.39, 0.29) is 16.4 Å². The summed E-state index contributed by atoms with van der Waals surface area (Å²) in [7, 11) is 2.01. The summed E-state index contributed by atoms with van der Waals surface area (Å²) < 4.78 is 2.05. The SMILES string of the molecule is C=C(N)/[N+](C)=C(/C1(CC)C=CC1(N)CC)[C@@](C)(CC)C(=C)CC. The van der Waals surface area contributed by atoms with E-state index in [2.05, 4.69) is 64.5 Å². The van der Waals surface area contributed by atoms with Crippen LogP contribution in [0.2, 0.25) is 0 Å². The second-order valence-corrected chi connectivity index (χ2v) is 7.09. The molecule has 2 unspecified atom stereocenters. The van der Waals surface area contributed by atoms with Crippen molar-refractivity contribution in [1.29, 1.82) is 0 Å². The Hall–Kier alpha value is -1.35. The summed E-state index contributed by atoms with van der Waals surface area (Å²) in [4.78, 5) is 0. The van der Waals surface area contributed by atoms with Crippen molar-refractivity contribution in [3.63, 3.8) is 0 Å². The van der Waals surface area contributed by atoms with Crippen LogP contribution in [0.1, 0.15) is 60.3 Å². The number of hydrogen-bond acceptors (Lipinski definition) is 2. The van der Waals surface area contributed by atoms with Crippen molar-refractivity contribution in [2.45, 2.75) is 65.8 Å². The predicted octanol–water partition coefficient (Wildman–Crippen LogP) is 3.96. The molecule has 0 aliphatic heterocycles. The average Bonchev–Trinajstić information content (AvgIpc) is 2.55. The lowest BCUT2D eigenvalue weighted by Crippen LogP contribution is -2.66. The Morgan fingerprint density at radius 2 is 1.70 bits per heavy atom. The minimum atomic E-state index is -0.342. The van der Waals surface area contributed by atoms with Crippen molar-refractivity contribution in [2.75, 3.05) is 7.05 Å². The van der Waals surface area contributed by atoms with Gasteiger partial charge in [0.25, 0.3) is 5.82 Å². The van der Waals surface area contributed by atoms with Gasteiger partial charge >= 0.3 is 0 Å². The Kier molecular flexibility index (Phi) is 5.69. The molecule has 1 aliphatic carbocycles. The van der Waals surface area contributed by atoms with Crippen molar-refractivity contribution in [2.24, 2.45) is 22.3 Å². The number of nitrogens with zero attached hydrogens (tertiary/aromatic N) is 1. The molecule has 0 aromatic rings. The minimum Gasteiger partial charge on any atom is -0.321 e. The van der Waals surface area contributed by atoms with Crippen LogP contribution in [0.15, 0.2) is 36.7 Å². The summed E-state index contributed by atoms with van der Waals surface area (Å²) in [6.45, 7) is 19.4. The maximum Gasteiger partial charge on any atom is 0.264 e. The molecule has 0 saturated carbocycles. The van der Waals surface area contributed by atoms with Crippen LogP contribution in [0, 0.1) is 10.8 Å². The van der Waals surface area contributed by atoms with E-state index in [4.69, 9.17) is 11.5 Å². The fourth-order valence-corrected chi connectivity index (χ4v) is 4.13. The van der Waals surface area contributed by atoms with Gasteiger partial charge in [0.05, 0.1) is 18.0 Å². The van der Waals surface area contributed by atoms with Crippen LogP contribution in [0.5, 0.6) is 0 Å². The first-order valence-electron chi connectivity index (χ1n) is 8.83. The number of rotatable bonds is 8. The topological polar surface area (TPSA) is 55.0 Å². The Bertz CT molecular complexity index is 557. The summed E-state index contributed by atoms with van der Waals surface area (Å²) in [5.41, 5.74) is 14.6. The molecule has 0 radical (unpaired) electrons. The molecule has 4 N–H and O–H groups in total. The smallest absolute Gasteiger partial charge is 0.264 e. The Balaban J connectivity index is 3.77. The van der Waals surface area contributed by atoms with Gasteiger partial charge in [0, 0.05) is 5.41 Å². The van der Waals surface area contributed by atoms with E-state index in [1.165, 1.54) is 11.3 Å². The van der Waals surface area contributed by atoms with Crippen molar-refractivity contribution in [3.8, 4) is 0 Å². The lowest BCUT2D eigenvalue weighted by Gasteiger charge is -2.55. The molecule has 0 saturated heterocycles. The molecule has 0 fully saturated rings. The first-order valence-corrected chi connectivity index (χ1v) is 8.83.